The molecule has 1 aliphatic heterocycles. The maximum absolute atomic E-state index is 12.7. The zero-order valence-corrected chi connectivity index (χ0v) is 15.3. The van der Waals surface area contributed by atoms with E-state index in [0.717, 1.165) is 49.3 Å². The summed E-state index contributed by atoms with van der Waals surface area (Å²) in [7, 11) is 0. The third kappa shape index (κ3) is 4.25. The first-order valence-electron chi connectivity index (χ1n) is 9.00. The van der Waals surface area contributed by atoms with E-state index in [1.54, 1.807) is 6.20 Å². The Morgan fingerprint density at radius 2 is 1.96 bits per heavy atom. The number of carbonyl (C=O) groups is 1. The predicted molar refractivity (Wildman–Crippen MR) is 98.3 cm³/mol. The van der Waals surface area contributed by atoms with Gasteiger partial charge in [-0.2, -0.15) is 0 Å². The molecule has 2 aromatic rings. The number of nitrogens with one attached hydrogen (secondary N) is 1. The lowest BCUT2D eigenvalue weighted by molar-refractivity contribution is -0.121. The van der Waals surface area contributed by atoms with E-state index < -0.39 is 0 Å². The molecule has 0 saturated carbocycles. The number of hydrogen-bond donors (Lipinski definition) is 1. The number of aryl methyl sites for hydroxylation is 2. The van der Waals surface area contributed by atoms with E-state index in [-0.39, 0.29) is 11.9 Å². The molecule has 6 nitrogen and oxygen atoms in total. The number of likely N-dealkylation sites (tertiary alicyclic amines) is 1. The van der Waals surface area contributed by atoms with Crippen molar-refractivity contribution >= 4 is 11.6 Å². The second-order valence-electron chi connectivity index (χ2n) is 7.04. The molecule has 134 valence electrons. The largest absolute Gasteiger partial charge is 0.324 e. The Hall–Kier alpha value is -2.21. The maximum Gasteiger partial charge on any atom is 0.241 e. The monoisotopic (exact) mass is 341 g/mol. The lowest BCUT2D eigenvalue weighted by Gasteiger charge is -2.35. The van der Waals surface area contributed by atoms with E-state index in [1.165, 1.54) is 0 Å². The van der Waals surface area contributed by atoms with Crippen LogP contribution >= 0.6 is 0 Å². The smallest absolute Gasteiger partial charge is 0.241 e. The maximum atomic E-state index is 12.7. The number of hydrogen-bond acceptors (Lipinski definition) is 4. The van der Waals surface area contributed by atoms with Crippen LogP contribution in [0.1, 0.15) is 30.9 Å². The van der Waals surface area contributed by atoms with Crippen molar-refractivity contribution in [2.75, 3.05) is 18.4 Å². The zero-order valence-electron chi connectivity index (χ0n) is 15.3. The lowest BCUT2D eigenvalue weighted by atomic mass is 9.95. The predicted octanol–water partition coefficient (Wildman–Crippen LogP) is 2.63. The molecule has 1 N–H and O–H groups in total. The Kier molecular flexibility index (Phi) is 5.48. The van der Waals surface area contributed by atoms with E-state index in [2.05, 4.69) is 20.5 Å². The minimum absolute atomic E-state index is 0.0760. The van der Waals surface area contributed by atoms with Crippen molar-refractivity contribution in [3.63, 3.8) is 0 Å². The third-order valence-corrected chi connectivity index (χ3v) is 5.22. The highest BCUT2D eigenvalue weighted by Gasteiger charge is 2.27. The van der Waals surface area contributed by atoms with Crippen LogP contribution in [0.15, 0.2) is 30.6 Å². The summed E-state index contributed by atoms with van der Waals surface area (Å²) in [6.07, 6.45) is 5.80. The van der Waals surface area contributed by atoms with E-state index in [9.17, 15) is 4.79 Å². The SMILES string of the molecule is Cc1cccc(C)c1NC(=O)[C@@H](C)N1CCC(Cn2ccnn2)CC1. The molecule has 0 aliphatic carbocycles. The van der Waals surface area contributed by atoms with Crippen LogP contribution in [0.3, 0.4) is 0 Å². The standard InChI is InChI=1S/C19H27N5O/c1-14-5-4-6-15(2)18(14)21-19(25)16(3)23-10-7-17(8-11-23)13-24-12-9-20-22-24/h4-6,9,12,16-17H,7-8,10-11,13H2,1-3H3,(H,21,25)/t16-/m1/s1. The van der Waals surface area contributed by atoms with Crippen LogP contribution in [0.5, 0.6) is 0 Å². The summed E-state index contributed by atoms with van der Waals surface area (Å²) in [6.45, 7) is 8.87. The van der Waals surface area contributed by atoms with Gasteiger partial charge in [0, 0.05) is 18.4 Å². The molecular weight excluding hydrogens is 314 g/mol. The number of benzene rings is 1. The first kappa shape index (κ1) is 17.6. The third-order valence-electron chi connectivity index (χ3n) is 5.22. The van der Waals surface area contributed by atoms with Crippen LogP contribution in [0.25, 0.3) is 0 Å². The summed E-state index contributed by atoms with van der Waals surface area (Å²) in [5.41, 5.74) is 3.15. The molecule has 3 rings (SSSR count). The fourth-order valence-corrected chi connectivity index (χ4v) is 3.52. The Bertz CT molecular complexity index is 684. The summed E-state index contributed by atoms with van der Waals surface area (Å²) in [5.74, 6) is 0.680. The second kappa shape index (κ2) is 7.78. The van der Waals surface area contributed by atoms with Crippen molar-refractivity contribution in [2.24, 2.45) is 5.92 Å². The van der Waals surface area contributed by atoms with Crippen LogP contribution in [-0.4, -0.2) is 44.9 Å². The number of aromatic nitrogens is 3. The van der Waals surface area contributed by atoms with Crippen LogP contribution in [0, 0.1) is 19.8 Å². The minimum atomic E-state index is -0.119. The average Bonchev–Trinajstić information content (AvgIpc) is 3.11. The summed E-state index contributed by atoms with van der Waals surface area (Å²) < 4.78 is 1.90. The molecule has 1 fully saturated rings. The van der Waals surface area contributed by atoms with Gasteiger partial charge < -0.3 is 5.32 Å². The topological polar surface area (TPSA) is 63.1 Å². The molecule has 25 heavy (non-hydrogen) atoms. The molecule has 1 aromatic carbocycles. The van der Waals surface area contributed by atoms with Crippen molar-refractivity contribution in [3.8, 4) is 0 Å². The molecule has 0 spiro atoms. The summed E-state index contributed by atoms with van der Waals surface area (Å²) >= 11 is 0. The first-order valence-corrected chi connectivity index (χ1v) is 9.00. The van der Waals surface area contributed by atoms with Gasteiger partial charge in [-0.15, -0.1) is 5.10 Å². The molecule has 1 saturated heterocycles. The normalized spacial score (nSPS) is 17.4. The van der Waals surface area contributed by atoms with Gasteiger partial charge in [0.1, 0.15) is 0 Å². The Morgan fingerprint density at radius 1 is 1.28 bits per heavy atom. The van der Waals surface area contributed by atoms with Crippen molar-refractivity contribution in [2.45, 2.75) is 46.2 Å². The van der Waals surface area contributed by atoms with Gasteiger partial charge in [0.2, 0.25) is 5.91 Å². The molecule has 2 heterocycles. The van der Waals surface area contributed by atoms with Crippen molar-refractivity contribution < 1.29 is 4.79 Å². The first-order chi connectivity index (χ1) is 12.0. The Balaban J connectivity index is 1.53. The number of para-hydroxylation sites is 1. The minimum Gasteiger partial charge on any atom is -0.324 e. The van der Waals surface area contributed by atoms with Gasteiger partial charge in [0.25, 0.3) is 0 Å². The van der Waals surface area contributed by atoms with Gasteiger partial charge in [-0.3, -0.25) is 14.4 Å². The highest BCUT2D eigenvalue weighted by molar-refractivity contribution is 5.95. The summed E-state index contributed by atoms with van der Waals surface area (Å²) in [4.78, 5) is 15.0. The molecule has 1 atom stereocenters. The number of carbonyl (C=O) groups excluding carboxylic acids is 1. The molecule has 0 unspecified atom stereocenters. The summed E-state index contributed by atoms with van der Waals surface area (Å²) in [5, 5.41) is 11.0. The average molecular weight is 341 g/mol. The number of amides is 1. The number of anilines is 1. The van der Waals surface area contributed by atoms with Gasteiger partial charge in [-0.05, 0) is 63.7 Å². The molecule has 6 heteroatoms. The molecule has 0 bridgehead atoms. The number of rotatable bonds is 5. The highest BCUT2D eigenvalue weighted by Crippen LogP contribution is 2.23. The van der Waals surface area contributed by atoms with Crippen LogP contribution in [-0.2, 0) is 11.3 Å². The van der Waals surface area contributed by atoms with Crippen LogP contribution < -0.4 is 5.32 Å². The van der Waals surface area contributed by atoms with E-state index in [1.807, 2.05) is 49.8 Å². The van der Waals surface area contributed by atoms with Gasteiger partial charge in [0.05, 0.1) is 12.2 Å². The van der Waals surface area contributed by atoms with Crippen molar-refractivity contribution in [1.29, 1.82) is 0 Å². The van der Waals surface area contributed by atoms with Crippen molar-refractivity contribution in [1.82, 2.24) is 19.9 Å². The quantitative estimate of drug-likeness (QED) is 0.908. The molecule has 1 aromatic heterocycles. The van der Waals surface area contributed by atoms with E-state index >= 15 is 0 Å². The highest BCUT2D eigenvalue weighted by atomic mass is 16.2. The zero-order chi connectivity index (χ0) is 17.8. The molecular formula is C19H27N5O. The van der Waals surface area contributed by atoms with Gasteiger partial charge in [-0.1, -0.05) is 23.4 Å². The van der Waals surface area contributed by atoms with Crippen LogP contribution in [0.2, 0.25) is 0 Å². The molecule has 0 radical (unpaired) electrons. The fraction of sp³-hybridized carbons (Fsp3) is 0.526. The second-order valence-corrected chi connectivity index (χ2v) is 7.04. The molecule has 1 aliphatic rings. The van der Waals surface area contributed by atoms with Gasteiger partial charge in [0.15, 0.2) is 0 Å². The van der Waals surface area contributed by atoms with Gasteiger partial charge >= 0.3 is 0 Å². The number of piperidine rings is 1. The van der Waals surface area contributed by atoms with E-state index in [4.69, 9.17) is 0 Å². The van der Waals surface area contributed by atoms with E-state index in [0.29, 0.717) is 5.92 Å². The number of nitrogens with zero attached hydrogens (tertiary/aromatic N) is 4. The Labute approximate surface area is 149 Å². The van der Waals surface area contributed by atoms with Crippen LogP contribution in [0.4, 0.5) is 5.69 Å². The lowest BCUT2D eigenvalue weighted by Crippen LogP contribution is -2.46. The molecule has 1 amide bonds. The summed E-state index contributed by atoms with van der Waals surface area (Å²) in [6, 6.07) is 5.96. The van der Waals surface area contributed by atoms with Gasteiger partial charge in [-0.25, -0.2) is 0 Å². The Morgan fingerprint density at radius 3 is 2.56 bits per heavy atom. The van der Waals surface area contributed by atoms with Crippen molar-refractivity contribution in [3.05, 3.63) is 41.7 Å². The fourth-order valence-electron chi connectivity index (χ4n) is 3.52.